The van der Waals surface area contributed by atoms with Crippen molar-refractivity contribution < 1.29 is 9.53 Å². The fourth-order valence-electron chi connectivity index (χ4n) is 3.30. The van der Waals surface area contributed by atoms with Crippen LogP contribution in [0, 0.1) is 0 Å². The Kier molecular flexibility index (Phi) is 6.45. The van der Waals surface area contributed by atoms with Crippen molar-refractivity contribution in [3.63, 3.8) is 0 Å². The van der Waals surface area contributed by atoms with Gasteiger partial charge in [-0.05, 0) is 36.6 Å². The number of methoxy groups -OCH3 is 1. The molecule has 0 radical (unpaired) electrons. The van der Waals surface area contributed by atoms with Crippen LogP contribution in [0.3, 0.4) is 0 Å². The van der Waals surface area contributed by atoms with Gasteiger partial charge in [-0.25, -0.2) is 0 Å². The van der Waals surface area contributed by atoms with Crippen molar-refractivity contribution in [1.82, 2.24) is 0 Å². The number of anilines is 1. The predicted octanol–water partition coefficient (Wildman–Crippen LogP) is 3.92. The standard InChI is InChI=1S/C20H24N2O2.ClH/c1-24-18-10-9-17(22-19(23)20(21)11-5-6-12-20)14-16(18)13-15-7-3-2-4-8-15;/h2-4,7-10,14H,5-6,11-13,21H2,1H3,(H,22,23);1H. The smallest absolute Gasteiger partial charge is 0.244 e. The lowest BCUT2D eigenvalue weighted by molar-refractivity contribution is -0.121. The highest BCUT2D eigenvalue weighted by Crippen LogP contribution is 2.30. The van der Waals surface area contributed by atoms with Crippen molar-refractivity contribution >= 4 is 24.0 Å². The van der Waals surface area contributed by atoms with Gasteiger partial charge < -0.3 is 15.8 Å². The molecule has 0 heterocycles. The van der Waals surface area contributed by atoms with Gasteiger partial charge in [-0.3, -0.25) is 4.79 Å². The molecule has 0 unspecified atom stereocenters. The number of halogens is 1. The van der Waals surface area contributed by atoms with Crippen LogP contribution in [0.25, 0.3) is 0 Å². The van der Waals surface area contributed by atoms with E-state index in [0.717, 1.165) is 49.1 Å². The van der Waals surface area contributed by atoms with Crippen LogP contribution in [0.4, 0.5) is 5.69 Å². The molecule has 3 rings (SSSR count). The highest BCUT2D eigenvalue weighted by Gasteiger charge is 2.37. The first-order chi connectivity index (χ1) is 11.6. The van der Waals surface area contributed by atoms with Crippen LogP contribution in [0.5, 0.6) is 5.75 Å². The summed E-state index contributed by atoms with van der Waals surface area (Å²) in [7, 11) is 1.66. The minimum absolute atomic E-state index is 0. The Morgan fingerprint density at radius 2 is 1.84 bits per heavy atom. The Bertz CT molecular complexity index is 713. The van der Waals surface area contributed by atoms with Gasteiger partial charge in [0.1, 0.15) is 5.75 Å². The van der Waals surface area contributed by atoms with E-state index in [2.05, 4.69) is 17.4 Å². The molecule has 5 heteroatoms. The van der Waals surface area contributed by atoms with Crippen molar-refractivity contribution in [1.29, 1.82) is 0 Å². The number of ether oxygens (including phenoxy) is 1. The third-order valence-corrected chi connectivity index (χ3v) is 4.72. The molecule has 1 fully saturated rings. The molecule has 0 aromatic heterocycles. The van der Waals surface area contributed by atoms with Crippen LogP contribution < -0.4 is 15.8 Å². The van der Waals surface area contributed by atoms with E-state index in [4.69, 9.17) is 10.5 Å². The second-order valence-electron chi connectivity index (χ2n) is 6.51. The number of nitrogens with one attached hydrogen (secondary N) is 1. The van der Waals surface area contributed by atoms with Crippen LogP contribution in [0.15, 0.2) is 48.5 Å². The first kappa shape index (κ1) is 19.3. The van der Waals surface area contributed by atoms with E-state index < -0.39 is 5.54 Å². The highest BCUT2D eigenvalue weighted by molar-refractivity contribution is 5.98. The zero-order valence-corrected chi connectivity index (χ0v) is 15.3. The molecule has 1 amide bonds. The lowest BCUT2D eigenvalue weighted by atomic mass is 9.97. The normalized spacial score (nSPS) is 15.3. The fourth-order valence-corrected chi connectivity index (χ4v) is 3.30. The van der Waals surface area contributed by atoms with Gasteiger partial charge >= 0.3 is 0 Å². The maximum atomic E-state index is 12.5. The van der Waals surface area contributed by atoms with Crippen LogP contribution >= 0.6 is 12.4 Å². The van der Waals surface area contributed by atoms with E-state index in [-0.39, 0.29) is 18.3 Å². The van der Waals surface area contributed by atoms with Gasteiger partial charge in [0, 0.05) is 17.7 Å². The second-order valence-corrected chi connectivity index (χ2v) is 6.51. The Hall–Kier alpha value is -2.04. The first-order valence-electron chi connectivity index (χ1n) is 8.42. The summed E-state index contributed by atoms with van der Waals surface area (Å²) in [4.78, 5) is 12.5. The maximum absolute atomic E-state index is 12.5. The van der Waals surface area contributed by atoms with Crippen molar-refractivity contribution in [3.8, 4) is 5.75 Å². The van der Waals surface area contributed by atoms with Crippen LogP contribution in [-0.4, -0.2) is 18.6 Å². The zero-order valence-electron chi connectivity index (χ0n) is 14.5. The molecule has 4 nitrogen and oxygen atoms in total. The summed E-state index contributed by atoms with van der Waals surface area (Å²) in [5.41, 5.74) is 8.52. The molecule has 0 spiro atoms. The number of hydrogen-bond donors (Lipinski definition) is 2. The van der Waals surface area contributed by atoms with E-state index in [1.807, 2.05) is 36.4 Å². The molecular formula is C20H25ClN2O2. The number of carbonyl (C=O) groups is 1. The Balaban J connectivity index is 0.00000225. The number of benzene rings is 2. The third-order valence-electron chi connectivity index (χ3n) is 4.72. The topological polar surface area (TPSA) is 64.3 Å². The van der Waals surface area contributed by atoms with Crippen molar-refractivity contribution in [3.05, 3.63) is 59.7 Å². The lowest BCUT2D eigenvalue weighted by Crippen LogP contribution is -2.48. The van der Waals surface area contributed by atoms with Gasteiger partial charge in [-0.2, -0.15) is 0 Å². The molecule has 1 aliphatic carbocycles. The van der Waals surface area contributed by atoms with Crippen molar-refractivity contribution in [2.45, 2.75) is 37.6 Å². The lowest BCUT2D eigenvalue weighted by Gasteiger charge is -2.22. The van der Waals surface area contributed by atoms with Crippen molar-refractivity contribution in [2.24, 2.45) is 5.73 Å². The van der Waals surface area contributed by atoms with Crippen LogP contribution in [0.1, 0.15) is 36.8 Å². The summed E-state index contributed by atoms with van der Waals surface area (Å²) < 4.78 is 5.46. The van der Waals surface area contributed by atoms with Crippen LogP contribution in [-0.2, 0) is 11.2 Å². The number of rotatable bonds is 5. The van der Waals surface area contributed by atoms with Gasteiger partial charge in [-0.15, -0.1) is 12.4 Å². The molecule has 25 heavy (non-hydrogen) atoms. The van der Waals surface area contributed by atoms with E-state index in [1.54, 1.807) is 7.11 Å². The fraction of sp³-hybridized carbons (Fsp3) is 0.350. The molecule has 3 N–H and O–H groups in total. The maximum Gasteiger partial charge on any atom is 0.244 e. The number of amides is 1. The molecule has 0 bridgehead atoms. The number of hydrogen-bond acceptors (Lipinski definition) is 3. The average molecular weight is 361 g/mol. The van der Waals surface area contributed by atoms with Gasteiger partial charge in [0.05, 0.1) is 12.6 Å². The molecule has 134 valence electrons. The average Bonchev–Trinajstić information content (AvgIpc) is 3.04. The SMILES string of the molecule is COc1ccc(NC(=O)C2(N)CCCC2)cc1Cc1ccccc1.Cl. The molecule has 2 aromatic carbocycles. The number of carbonyl (C=O) groups excluding carboxylic acids is 1. The van der Waals surface area contributed by atoms with Crippen molar-refractivity contribution in [2.75, 3.05) is 12.4 Å². The zero-order chi connectivity index (χ0) is 17.0. The Morgan fingerprint density at radius 3 is 2.48 bits per heavy atom. The molecule has 2 aromatic rings. The molecule has 1 saturated carbocycles. The monoisotopic (exact) mass is 360 g/mol. The Labute approximate surface area is 155 Å². The minimum Gasteiger partial charge on any atom is -0.496 e. The molecule has 0 atom stereocenters. The van der Waals surface area contributed by atoms with Gasteiger partial charge in [0.15, 0.2) is 0 Å². The van der Waals surface area contributed by atoms with E-state index in [1.165, 1.54) is 5.56 Å². The van der Waals surface area contributed by atoms with Gasteiger partial charge in [0.2, 0.25) is 5.91 Å². The van der Waals surface area contributed by atoms with Gasteiger partial charge in [-0.1, -0.05) is 43.2 Å². The van der Waals surface area contributed by atoms with Crippen LogP contribution in [0.2, 0.25) is 0 Å². The van der Waals surface area contributed by atoms with E-state index >= 15 is 0 Å². The Morgan fingerprint density at radius 1 is 1.16 bits per heavy atom. The minimum atomic E-state index is -0.723. The van der Waals surface area contributed by atoms with Gasteiger partial charge in [0.25, 0.3) is 0 Å². The first-order valence-corrected chi connectivity index (χ1v) is 8.42. The molecule has 0 saturated heterocycles. The third kappa shape index (κ3) is 4.53. The second kappa shape index (κ2) is 8.37. The van der Waals surface area contributed by atoms with E-state index in [9.17, 15) is 4.79 Å². The molecule has 0 aliphatic heterocycles. The summed E-state index contributed by atoms with van der Waals surface area (Å²) in [6.07, 6.45) is 4.30. The highest BCUT2D eigenvalue weighted by atomic mass is 35.5. The molecule has 1 aliphatic rings. The summed E-state index contributed by atoms with van der Waals surface area (Å²) >= 11 is 0. The number of nitrogens with two attached hydrogens (primary N) is 1. The molecular weight excluding hydrogens is 336 g/mol. The summed E-state index contributed by atoms with van der Waals surface area (Å²) in [6, 6.07) is 15.9. The van der Waals surface area contributed by atoms with E-state index in [0.29, 0.717) is 0 Å². The quantitative estimate of drug-likeness (QED) is 0.849. The summed E-state index contributed by atoms with van der Waals surface area (Å²) in [5, 5.41) is 2.98. The summed E-state index contributed by atoms with van der Waals surface area (Å²) in [5.74, 6) is 0.732. The summed E-state index contributed by atoms with van der Waals surface area (Å²) in [6.45, 7) is 0. The predicted molar refractivity (Wildman–Crippen MR) is 104 cm³/mol. The largest absolute Gasteiger partial charge is 0.496 e.